The fourth-order valence-corrected chi connectivity index (χ4v) is 3.53. The number of carbonyl (C=O) groups excluding carboxylic acids is 1. The summed E-state index contributed by atoms with van der Waals surface area (Å²) in [6.07, 6.45) is 0.618. The third-order valence-electron chi connectivity index (χ3n) is 4.64. The van der Waals surface area contributed by atoms with Gasteiger partial charge in [-0.25, -0.2) is 0 Å². The Morgan fingerprint density at radius 3 is 2.58 bits per heavy atom. The van der Waals surface area contributed by atoms with Crippen LogP contribution >= 0.6 is 0 Å². The van der Waals surface area contributed by atoms with Crippen molar-refractivity contribution in [3.8, 4) is 11.3 Å². The first-order valence-electron chi connectivity index (χ1n) is 8.27. The second kappa shape index (κ2) is 6.42. The number of hydrogen-bond acceptors (Lipinski definition) is 3. The lowest BCUT2D eigenvalue weighted by molar-refractivity contribution is 0.0234. The lowest BCUT2D eigenvalue weighted by Crippen LogP contribution is -2.43. The minimum atomic E-state index is -0.813. The van der Waals surface area contributed by atoms with E-state index in [1.54, 1.807) is 4.90 Å². The third kappa shape index (κ3) is 3.23. The highest BCUT2D eigenvalue weighted by molar-refractivity contribution is 5.94. The van der Waals surface area contributed by atoms with Gasteiger partial charge < -0.3 is 19.5 Å². The van der Waals surface area contributed by atoms with E-state index in [4.69, 9.17) is 0 Å². The van der Waals surface area contributed by atoms with Gasteiger partial charge in [-0.15, -0.1) is 0 Å². The maximum Gasteiger partial charge on any atom is 0.270 e. The van der Waals surface area contributed by atoms with Crippen LogP contribution < -0.4 is 0 Å². The second-order valence-electron chi connectivity index (χ2n) is 6.97. The summed E-state index contributed by atoms with van der Waals surface area (Å²) in [5, 5.41) is 10.6. The Balaban J connectivity index is 1.79. The number of aliphatic hydroxyl groups is 1. The molecule has 1 saturated heterocycles. The number of carbonyl (C=O) groups is 1. The zero-order valence-electron chi connectivity index (χ0n) is 14.6. The maximum atomic E-state index is 12.9. The molecule has 1 aromatic carbocycles. The molecule has 5 nitrogen and oxygen atoms in total. The maximum absolute atomic E-state index is 12.9. The Bertz CT molecular complexity index is 723. The Morgan fingerprint density at radius 1 is 1.21 bits per heavy atom. The minimum absolute atomic E-state index is 0.0191. The number of nitrogens with zero attached hydrogens (tertiary/aromatic N) is 3. The molecule has 2 heterocycles. The average molecular weight is 327 g/mol. The van der Waals surface area contributed by atoms with E-state index in [1.807, 2.05) is 73.1 Å². The number of amides is 1. The zero-order valence-corrected chi connectivity index (χ0v) is 14.6. The van der Waals surface area contributed by atoms with Crippen molar-refractivity contribution in [2.75, 3.05) is 33.7 Å². The zero-order chi connectivity index (χ0) is 17.3. The quantitative estimate of drug-likeness (QED) is 0.932. The summed E-state index contributed by atoms with van der Waals surface area (Å²) in [5.41, 5.74) is 1.95. The highest BCUT2D eigenvalue weighted by atomic mass is 16.3. The summed E-state index contributed by atoms with van der Waals surface area (Å²) in [6.45, 7) is 1.55. The number of likely N-dealkylation sites (N-methyl/N-ethyl adjacent to an activating group) is 1. The largest absolute Gasteiger partial charge is 0.387 e. The van der Waals surface area contributed by atoms with Crippen molar-refractivity contribution in [1.29, 1.82) is 0 Å². The third-order valence-corrected chi connectivity index (χ3v) is 4.64. The predicted molar refractivity (Wildman–Crippen MR) is 94.9 cm³/mol. The van der Waals surface area contributed by atoms with E-state index in [2.05, 4.69) is 0 Å². The number of benzene rings is 1. The van der Waals surface area contributed by atoms with Gasteiger partial charge in [-0.2, -0.15) is 0 Å². The van der Waals surface area contributed by atoms with E-state index in [-0.39, 0.29) is 5.91 Å². The molecule has 5 heteroatoms. The first-order valence-corrected chi connectivity index (χ1v) is 8.27. The molecule has 0 saturated carbocycles. The standard InChI is InChI=1S/C19H25N3O2/c1-20(2)13-19(24)11-12-22(14-19)18(23)17-10-9-16(21(17)3)15-7-5-4-6-8-15/h4-10,24H,11-14H2,1-3H3/t19-/m1/s1. The van der Waals surface area contributed by atoms with Gasteiger partial charge in [-0.05, 0) is 38.2 Å². The van der Waals surface area contributed by atoms with Gasteiger partial charge in [0.15, 0.2) is 0 Å². The molecule has 3 rings (SSSR count). The van der Waals surface area contributed by atoms with Gasteiger partial charge in [-0.3, -0.25) is 4.79 Å². The van der Waals surface area contributed by atoms with Gasteiger partial charge in [0, 0.05) is 25.8 Å². The molecule has 1 amide bonds. The molecule has 128 valence electrons. The van der Waals surface area contributed by atoms with E-state index in [0.29, 0.717) is 31.7 Å². The summed E-state index contributed by atoms with van der Waals surface area (Å²) in [7, 11) is 5.79. The van der Waals surface area contributed by atoms with Crippen molar-refractivity contribution in [3.05, 3.63) is 48.2 Å². The molecular formula is C19H25N3O2. The first-order chi connectivity index (χ1) is 11.4. The van der Waals surface area contributed by atoms with Crippen LogP contribution in [0.3, 0.4) is 0 Å². The summed E-state index contributed by atoms with van der Waals surface area (Å²) in [6, 6.07) is 13.9. The predicted octanol–water partition coefficient (Wildman–Crippen LogP) is 1.83. The van der Waals surface area contributed by atoms with Crippen LogP contribution in [0.1, 0.15) is 16.9 Å². The van der Waals surface area contributed by atoms with Crippen LogP contribution in [-0.2, 0) is 7.05 Å². The topological polar surface area (TPSA) is 48.7 Å². The van der Waals surface area contributed by atoms with Crippen LogP contribution in [0, 0.1) is 0 Å². The molecular weight excluding hydrogens is 302 g/mol. The van der Waals surface area contributed by atoms with Crippen LogP contribution in [0.15, 0.2) is 42.5 Å². The van der Waals surface area contributed by atoms with E-state index in [0.717, 1.165) is 11.3 Å². The van der Waals surface area contributed by atoms with Crippen molar-refractivity contribution < 1.29 is 9.90 Å². The molecule has 0 unspecified atom stereocenters. The van der Waals surface area contributed by atoms with Crippen LogP contribution in [0.5, 0.6) is 0 Å². The van der Waals surface area contributed by atoms with E-state index in [1.165, 1.54) is 0 Å². The Labute approximate surface area is 143 Å². The van der Waals surface area contributed by atoms with E-state index >= 15 is 0 Å². The summed E-state index contributed by atoms with van der Waals surface area (Å²) in [4.78, 5) is 16.6. The molecule has 2 aromatic rings. The SMILES string of the molecule is CN(C)C[C@]1(O)CCN(C(=O)c2ccc(-c3ccccc3)n2C)C1. The van der Waals surface area contributed by atoms with Gasteiger partial charge in [-0.1, -0.05) is 30.3 Å². The second-order valence-corrected chi connectivity index (χ2v) is 6.97. The normalized spacial score (nSPS) is 20.8. The van der Waals surface area contributed by atoms with E-state index in [9.17, 15) is 9.90 Å². The number of aromatic nitrogens is 1. The first kappa shape index (κ1) is 16.7. The van der Waals surface area contributed by atoms with Gasteiger partial charge in [0.2, 0.25) is 0 Å². The van der Waals surface area contributed by atoms with Crippen LogP contribution in [0.4, 0.5) is 0 Å². The van der Waals surface area contributed by atoms with Crippen molar-refractivity contribution in [3.63, 3.8) is 0 Å². The molecule has 24 heavy (non-hydrogen) atoms. The molecule has 0 aliphatic carbocycles. The van der Waals surface area contributed by atoms with Crippen molar-refractivity contribution in [2.45, 2.75) is 12.0 Å². The monoisotopic (exact) mass is 327 g/mol. The van der Waals surface area contributed by atoms with Gasteiger partial charge in [0.05, 0.1) is 12.1 Å². The summed E-state index contributed by atoms with van der Waals surface area (Å²) >= 11 is 0. The Hall–Kier alpha value is -2.11. The molecule has 1 aliphatic rings. The van der Waals surface area contributed by atoms with Gasteiger partial charge in [0.25, 0.3) is 5.91 Å². The fraction of sp³-hybridized carbons (Fsp3) is 0.421. The molecule has 1 aromatic heterocycles. The number of β-amino-alcohol motifs (C(OH)–C–C–N with tert-alkyl or cyclic N) is 1. The fourth-order valence-electron chi connectivity index (χ4n) is 3.53. The highest BCUT2D eigenvalue weighted by Gasteiger charge is 2.39. The number of rotatable bonds is 4. The van der Waals surface area contributed by atoms with Gasteiger partial charge in [0.1, 0.15) is 5.69 Å². The smallest absolute Gasteiger partial charge is 0.270 e. The van der Waals surface area contributed by atoms with Crippen LogP contribution in [0.25, 0.3) is 11.3 Å². The Morgan fingerprint density at radius 2 is 1.92 bits per heavy atom. The van der Waals surface area contributed by atoms with Crippen molar-refractivity contribution in [2.24, 2.45) is 7.05 Å². The summed E-state index contributed by atoms with van der Waals surface area (Å²) in [5.74, 6) is -0.0191. The van der Waals surface area contributed by atoms with E-state index < -0.39 is 5.60 Å². The lowest BCUT2D eigenvalue weighted by atomic mass is 10.0. The number of hydrogen-bond donors (Lipinski definition) is 1. The molecule has 1 aliphatic heterocycles. The molecule has 1 fully saturated rings. The molecule has 0 spiro atoms. The molecule has 1 N–H and O–H groups in total. The minimum Gasteiger partial charge on any atom is -0.387 e. The van der Waals surface area contributed by atoms with Crippen molar-refractivity contribution >= 4 is 5.91 Å². The Kier molecular flexibility index (Phi) is 4.47. The number of likely N-dealkylation sites (tertiary alicyclic amines) is 1. The average Bonchev–Trinajstić information content (AvgIpc) is 3.10. The van der Waals surface area contributed by atoms with Crippen LogP contribution in [0.2, 0.25) is 0 Å². The molecule has 0 bridgehead atoms. The molecule has 1 atom stereocenters. The lowest BCUT2D eigenvalue weighted by Gasteiger charge is -2.26. The van der Waals surface area contributed by atoms with Crippen molar-refractivity contribution in [1.82, 2.24) is 14.4 Å². The molecule has 0 radical (unpaired) electrons. The highest BCUT2D eigenvalue weighted by Crippen LogP contribution is 2.26. The summed E-state index contributed by atoms with van der Waals surface area (Å²) < 4.78 is 1.93. The van der Waals surface area contributed by atoms with Crippen LogP contribution in [-0.4, -0.2) is 64.7 Å². The van der Waals surface area contributed by atoms with Gasteiger partial charge >= 0.3 is 0 Å².